The molecule has 0 aliphatic heterocycles. The molecule has 1 heterocycles. The first-order valence-corrected chi connectivity index (χ1v) is 10.3. The highest BCUT2D eigenvalue weighted by molar-refractivity contribution is 14.0. The lowest BCUT2D eigenvalue weighted by atomic mass is 10.1. The Balaban J connectivity index is 0.00000272. The summed E-state index contributed by atoms with van der Waals surface area (Å²) in [6.45, 7) is 4.24. The molecule has 1 saturated carbocycles. The number of benzene rings is 2. The lowest BCUT2D eigenvalue weighted by molar-refractivity contribution is 0.296. The number of aromatic nitrogens is 3. The van der Waals surface area contributed by atoms with Crippen molar-refractivity contribution in [2.75, 3.05) is 13.7 Å². The van der Waals surface area contributed by atoms with Gasteiger partial charge in [0.25, 0.3) is 0 Å². The van der Waals surface area contributed by atoms with Crippen LogP contribution in [0.5, 0.6) is 5.75 Å². The Morgan fingerprint density at radius 3 is 2.58 bits per heavy atom. The number of guanidine groups is 1. The molecule has 1 fully saturated rings. The highest BCUT2D eigenvalue weighted by atomic mass is 127. The first-order chi connectivity index (χ1) is 14.7. The number of ether oxygens (including phenoxy) is 1. The van der Waals surface area contributed by atoms with Crippen LogP contribution in [0.3, 0.4) is 0 Å². The van der Waals surface area contributed by atoms with Crippen molar-refractivity contribution in [2.24, 2.45) is 10.9 Å². The predicted molar refractivity (Wildman–Crippen MR) is 133 cm³/mol. The molecule has 1 aliphatic carbocycles. The third kappa shape index (κ3) is 6.68. The van der Waals surface area contributed by atoms with Gasteiger partial charge < -0.3 is 15.4 Å². The molecule has 0 unspecified atom stereocenters. The van der Waals surface area contributed by atoms with Crippen LogP contribution in [-0.4, -0.2) is 34.4 Å². The van der Waals surface area contributed by atoms with E-state index in [0.717, 1.165) is 41.0 Å². The van der Waals surface area contributed by atoms with Gasteiger partial charge in [0.2, 0.25) is 0 Å². The fourth-order valence-electron chi connectivity index (χ4n) is 3.13. The zero-order valence-corrected chi connectivity index (χ0v) is 20.2. The number of rotatable bonds is 8. The maximum atomic E-state index is 6.07. The van der Waals surface area contributed by atoms with Crippen LogP contribution in [0.25, 0.3) is 5.69 Å². The largest absolute Gasteiger partial charge is 0.493 e. The van der Waals surface area contributed by atoms with Gasteiger partial charge >= 0.3 is 0 Å². The molecule has 0 atom stereocenters. The maximum absolute atomic E-state index is 6.07. The van der Waals surface area contributed by atoms with Gasteiger partial charge in [0.15, 0.2) is 5.96 Å². The average molecular weight is 532 g/mol. The molecule has 0 bridgehead atoms. The second-order valence-corrected chi connectivity index (χ2v) is 7.65. The van der Waals surface area contributed by atoms with Crippen LogP contribution >= 0.6 is 24.0 Å². The summed E-state index contributed by atoms with van der Waals surface area (Å²) in [4.78, 5) is 8.32. The second-order valence-electron chi connectivity index (χ2n) is 7.65. The van der Waals surface area contributed by atoms with Gasteiger partial charge in [-0.15, -0.1) is 24.0 Å². The van der Waals surface area contributed by atoms with E-state index in [2.05, 4.69) is 63.0 Å². The van der Waals surface area contributed by atoms with E-state index < -0.39 is 0 Å². The van der Waals surface area contributed by atoms with Crippen LogP contribution in [0, 0.1) is 12.8 Å². The van der Waals surface area contributed by atoms with Crippen LogP contribution in [0.2, 0.25) is 0 Å². The van der Waals surface area contributed by atoms with Crippen LogP contribution in [0.4, 0.5) is 0 Å². The number of nitrogens with zero attached hydrogens (tertiary/aromatic N) is 4. The average Bonchev–Trinajstić information content (AvgIpc) is 3.44. The Labute approximate surface area is 200 Å². The summed E-state index contributed by atoms with van der Waals surface area (Å²) in [5.41, 5.74) is 4.49. The molecule has 0 amide bonds. The van der Waals surface area contributed by atoms with Crippen molar-refractivity contribution in [2.45, 2.75) is 32.9 Å². The zero-order valence-electron chi connectivity index (χ0n) is 17.9. The van der Waals surface area contributed by atoms with Crippen molar-refractivity contribution in [3.05, 3.63) is 71.8 Å². The topological polar surface area (TPSA) is 76.4 Å². The third-order valence-electron chi connectivity index (χ3n) is 5.14. The molecule has 2 aromatic carbocycles. The highest BCUT2D eigenvalue weighted by Crippen LogP contribution is 2.30. The van der Waals surface area contributed by atoms with Gasteiger partial charge in [-0.25, -0.2) is 9.67 Å². The van der Waals surface area contributed by atoms with E-state index in [0.29, 0.717) is 13.1 Å². The van der Waals surface area contributed by atoms with Crippen molar-refractivity contribution >= 4 is 29.9 Å². The Morgan fingerprint density at radius 1 is 1.13 bits per heavy atom. The minimum absolute atomic E-state index is 0. The Kier molecular flexibility index (Phi) is 8.27. The Hall–Kier alpha value is -2.62. The third-order valence-corrected chi connectivity index (χ3v) is 5.14. The van der Waals surface area contributed by atoms with E-state index in [1.165, 1.54) is 24.7 Å². The van der Waals surface area contributed by atoms with Crippen molar-refractivity contribution in [3.8, 4) is 11.4 Å². The summed E-state index contributed by atoms with van der Waals surface area (Å²) in [6, 6.07) is 14.6. The number of halogens is 1. The van der Waals surface area contributed by atoms with Gasteiger partial charge in [-0.3, -0.25) is 4.99 Å². The number of aryl methyl sites for hydroxylation is 1. The fraction of sp³-hybridized carbons (Fsp3) is 0.348. The summed E-state index contributed by atoms with van der Waals surface area (Å²) in [7, 11) is 1.78. The van der Waals surface area contributed by atoms with Crippen molar-refractivity contribution in [1.29, 1.82) is 0 Å². The molecule has 4 rings (SSSR count). The van der Waals surface area contributed by atoms with E-state index in [1.54, 1.807) is 18.1 Å². The number of nitrogens with one attached hydrogen (secondary N) is 2. The quantitative estimate of drug-likeness (QED) is 0.262. The lowest BCUT2D eigenvalue weighted by Gasteiger charge is -2.15. The SMILES string of the molecule is CN=C(NCc1ccc(-n2cncn2)cc1)NCc1ccc(C)cc1OCC1CC1.I. The van der Waals surface area contributed by atoms with Crippen LogP contribution in [-0.2, 0) is 13.1 Å². The van der Waals surface area contributed by atoms with Crippen molar-refractivity contribution < 1.29 is 4.74 Å². The molecule has 0 radical (unpaired) electrons. The fourth-order valence-corrected chi connectivity index (χ4v) is 3.13. The molecule has 0 saturated heterocycles. The summed E-state index contributed by atoms with van der Waals surface area (Å²) in [6.07, 6.45) is 5.79. The molecular formula is C23H29IN6O. The van der Waals surface area contributed by atoms with Crippen molar-refractivity contribution in [1.82, 2.24) is 25.4 Å². The second kappa shape index (κ2) is 11.1. The minimum atomic E-state index is 0. The smallest absolute Gasteiger partial charge is 0.191 e. The first-order valence-electron chi connectivity index (χ1n) is 10.3. The summed E-state index contributed by atoms with van der Waals surface area (Å²) in [5.74, 6) is 2.45. The van der Waals surface area contributed by atoms with Crippen LogP contribution in [0.1, 0.15) is 29.5 Å². The van der Waals surface area contributed by atoms with Crippen LogP contribution < -0.4 is 15.4 Å². The van der Waals surface area contributed by atoms with Gasteiger partial charge in [0.1, 0.15) is 18.4 Å². The Morgan fingerprint density at radius 2 is 1.90 bits per heavy atom. The van der Waals surface area contributed by atoms with Gasteiger partial charge in [-0.1, -0.05) is 24.3 Å². The lowest BCUT2D eigenvalue weighted by Crippen LogP contribution is -2.36. The highest BCUT2D eigenvalue weighted by Gasteiger charge is 2.22. The van der Waals surface area contributed by atoms with Gasteiger partial charge in [0, 0.05) is 25.7 Å². The molecule has 8 heteroatoms. The normalized spacial score (nSPS) is 13.4. The molecule has 2 N–H and O–H groups in total. The van der Waals surface area contributed by atoms with E-state index >= 15 is 0 Å². The number of hydrogen-bond donors (Lipinski definition) is 2. The molecule has 0 spiro atoms. The summed E-state index contributed by atoms with van der Waals surface area (Å²) in [5, 5.41) is 10.9. The molecule has 164 valence electrons. The minimum Gasteiger partial charge on any atom is -0.493 e. The summed E-state index contributed by atoms with van der Waals surface area (Å²) < 4.78 is 7.81. The summed E-state index contributed by atoms with van der Waals surface area (Å²) >= 11 is 0. The molecular weight excluding hydrogens is 503 g/mol. The van der Waals surface area contributed by atoms with E-state index in [-0.39, 0.29) is 24.0 Å². The molecule has 1 aromatic heterocycles. The molecule has 31 heavy (non-hydrogen) atoms. The molecule has 7 nitrogen and oxygen atoms in total. The number of aliphatic imine (C=N–C) groups is 1. The van der Waals surface area contributed by atoms with E-state index in [4.69, 9.17) is 4.74 Å². The maximum Gasteiger partial charge on any atom is 0.191 e. The molecule has 3 aromatic rings. The number of hydrogen-bond acceptors (Lipinski definition) is 4. The predicted octanol–water partition coefficient (Wildman–Crippen LogP) is 3.85. The van der Waals surface area contributed by atoms with Gasteiger partial charge in [-0.05, 0) is 55.0 Å². The zero-order chi connectivity index (χ0) is 20.8. The van der Waals surface area contributed by atoms with Gasteiger partial charge in [-0.2, -0.15) is 5.10 Å². The van der Waals surface area contributed by atoms with E-state index in [9.17, 15) is 0 Å². The standard InChI is InChI=1S/C23H28N6O.HI/c1-17-3-8-20(22(11-17)30-14-19-4-5-19)13-27-23(24-2)26-12-18-6-9-21(10-7-18)29-16-25-15-28-29;/h3,6-11,15-16,19H,4-5,12-14H2,1-2H3,(H2,24,26,27);1H. The molecule has 1 aliphatic rings. The van der Waals surface area contributed by atoms with E-state index in [1.807, 2.05) is 12.1 Å². The first kappa shape index (κ1) is 23.1. The van der Waals surface area contributed by atoms with Gasteiger partial charge in [0.05, 0.1) is 12.3 Å². The monoisotopic (exact) mass is 532 g/mol. The van der Waals surface area contributed by atoms with Crippen LogP contribution in [0.15, 0.2) is 60.1 Å². The van der Waals surface area contributed by atoms with Crippen molar-refractivity contribution in [3.63, 3.8) is 0 Å². The Bertz CT molecular complexity index is 984.